The second-order valence-electron chi connectivity index (χ2n) is 7.59. The number of Topliss-reactive ketones (excluding diaryl/α,β-unsaturated/α-hetero) is 1. The molecule has 0 aliphatic carbocycles. The third-order valence-electron chi connectivity index (χ3n) is 5.38. The monoisotopic (exact) mass is 431 g/mol. The first-order chi connectivity index (χ1) is 14.7. The van der Waals surface area contributed by atoms with Crippen LogP contribution in [0.4, 0.5) is 5.82 Å². The molecular weight excluding hydrogens is 406 g/mol. The maximum Gasteiger partial charge on any atom is 0.168 e. The standard InChI is InChI=1S/C21H26ClN5O3/c22-17-10-25-15(8-19(28)20-12-23-3-6-30-20)7-16(17)18-11-24-13-21(27-18)26-9-14-1-4-29-5-2-14/h7,10-11,13-14,20,23H,1-6,8-9,12H2,(H,26,27). The number of nitrogens with zero attached hydrogens (tertiary/aromatic N) is 3. The van der Waals surface area contributed by atoms with E-state index in [1.54, 1.807) is 18.6 Å². The molecule has 0 amide bonds. The van der Waals surface area contributed by atoms with Gasteiger partial charge in [-0.25, -0.2) is 4.98 Å². The summed E-state index contributed by atoms with van der Waals surface area (Å²) in [4.78, 5) is 25.8. The molecule has 2 aromatic rings. The first-order valence-electron chi connectivity index (χ1n) is 10.3. The molecule has 2 saturated heterocycles. The lowest BCUT2D eigenvalue weighted by Gasteiger charge is -2.22. The molecular formula is C21H26ClN5O3. The molecule has 2 N–H and O–H groups in total. The zero-order valence-electron chi connectivity index (χ0n) is 16.8. The molecule has 2 aliphatic rings. The smallest absolute Gasteiger partial charge is 0.168 e. The van der Waals surface area contributed by atoms with Crippen molar-refractivity contribution in [3.8, 4) is 11.3 Å². The number of rotatable bonds is 7. The van der Waals surface area contributed by atoms with Crippen molar-refractivity contribution in [1.29, 1.82) is 0 Å². The highest BCUT2D eigenvalue weighted by Crippen LogP contribution is 2.27. The van der Waals surface area contributed by atoms with Crippen molar-refractivity contribution in [2.75, 3.05) is 44.8 Å². The molecule has 0 aromatic carbocycles. The first-order valence-corrected chi connectivity index (χ1v) is 10.7. The van der Waals surface area contributed by atoms with Crippen LogP contribution < -0.4 is 10.6 Å². The summed E-state index contributed by atoms with van der Waals surface area (Å²) < 4.78 is 10.9. The van der Waals surface area contributed by atoms with Gasteiger partial charge in [-0.3, -0.25) is 14.8 Å². The fraction of sp³-hybridized carbons (Fsp3) is 0.524. The van der Waals surface area contributed by atoms with Crippen molar-refractivity contribution < 1.29 is 14.3 Å². The molecule has 0 bridgehead atoms. The summed E-state index contributed by atoms with van der Waals surface area (Å²) in [6.07, 6.45) is 6.78. The van der Waals surface area contributed by atoms with Crippen LogP contribution in [0, 0.1) is 5.92 Å². The molecule has 9 heteroatoms. The molecule has 160 valence electrons. The Balaban J connectivity index is 1.45. The van der Waals surface area contributed by atoms with E-state index in [9.17, 15) is 4.79 Å². The number of ketones is 1. The summed E-state index contributed by atoms with van der Waals surface area (Å²) >= 11 is 6.38. The molecule has 1 unspecified atom stereocenters. The molecule has 1 atom stereocenters. The van der Waals surface area contributed by atoms with E-state index in [4.69, 9.17) is 21.1 Å². The number of ether oxygens (including phenoxy) is 2. The van der Waals surface area contributed by atoms with E-state index in [-0.39, 0.29) is 12.2 Å². The molecule has 0 spiro atoms. The zero-order valence-corrected chi connectivity index (χ0v) is 17.5. The third-order valence-corrected chi connectivity index (χ3v) is 5.68. The molecule has 2 aromatic heterocycles. The number of hydrogen-bond donors (Lipinski definition) is 2. The van der Waals surface area contributed by atoms with Crippen LogP contribution in [-0.4, -0.2) is 66.3 Å². The van der Waals surface area contributed by atoms with Crippen molar-refractivity contribution in [3.63, 3.8) is 0 Å². The van der Waals surface area contributed by atoms with Gasteiger partial charge in [-0.1, -0.05) is 11.6 Å². The Kier molecular flexibility index (Phi) is 7.22. The lowest BCUT2D eigenvalue weighted by molar-refractivity contribution is -0.131. The van der Waals surface area contributed by atoms with Gasteiger partial charge in [0.15, 0.2) is 5.78 Å². The number of pyridine rings is 1. The number of carbonyl (C=O) groups is 1. The van der Waals surface area contributed by atoms with E-state index < -0.39 is 6.10 Å². The summed E-state index contributed by atoms with van der Waals surface area (Å²) in [6.45, 7) is 4.30. The van der Waals surface area contributed by atoms with Gasteiger partial charge in [-0.2, -0.15) is 0 Å². The lowest BCUT2D eigenvalue weighted by atomic mass is 10.0. The van der Waals surface area contributed by atoms with E-state index in [0.29, 0.717) is 46.9 Å². The Hall–Kier alpha value is -2.13. The molecule has 30 heavy (non-hydrogen) atoms. The lowest BCUT2D eigenvalue weighted by Crippen LogP contribution is -2.43. The van der Waals surface area contributed by atoms with E-state index in [0.717, 1.165) is 39.1 Å². The summed E-state index contributed by atoms with van der Waals surface area (Å²) in [7, 11) is 0. The normalized spacial score (nSPS) is 20.1. The van der Waals surface area contributed by atoms with Gasteiger partial charge in [0.25, 0.3) is 0 Å². The molecule has 0 radical (unpaired) electrons. The van der Waals surface area contributed by atoms with E-state index in [1.807, 2.05) is 6.07 Å². The Morgan fingerprint density at radius 2 is 2.10 bits per heavy atom. The summed E-state index contributed by atoms with van der Waals surface area (Å²) in [6, 6.07) is 1.81. The van der Waals surface area contributed by atoms with Crippen LogP contribution in [0.3, 0.4) is 0 Å². The minimum atomic E-state index is -0.433. The SMILES string of the molecule is O=C(Cc1cc(-c2cncc(NCC3CCOCC3)n2)c(Cl)cn1)C1CNCCO1. The van der Waals surface area contributed by atoms with Crippen LogP contribution in [-0.2, 0) is 20.7 Å². The number of nitrogens with one attached hydrogen (secondary N) is 2. The highest BCUT2D eigenvalue weighted by molar-refractivity contribution is 6.33. The van der Waals surface area contributed by atoms with Gasteiger partial charge < -0.3 is 20.1 Å². The topological polar surface area (TPSA) is 98.3 Å². The minimum Gasteiger partial charge on any atom is -0.381 e. The number of aromatic nitrogens is 3. The van der Waals surface area contributed by atoms with Crippen molar-refractivity contribution in [2.45, 2.75) is 25.4 Å². The fourth-order valence-electron chi connectivity index (χ4n) is 3.62. The molecule has 8 nitrogen and oxygen atoms in total. The quantitative estimate of drug-likeness (QED) is 0.688. The predicted molar refractivity (Wildman–Crippen MR) is 114 cm³/mol. The maximum absolute atomic E-state index is 12.5. The van der Waals surface area contributed by atoms with Gasteiger partial charge in [0.2, 0.25) is 0 Å². The van der Waals surface area contributed by atoms with Crippen LogP contribution >= 0.6 is 11.6 Å². The fourth-order valence-corrected chi connectivity index (χ4v) is 3.82. The number of carbonyl (C=O) groups excluding carboxylic acids is 1. The van der Waals surface area contributed by atoms with Crippen molar-refractivity contribution >= 4 is 23.2 Å². The molecule has 0 saturated carbocycles. The van der Waals surface area contributed by atoms with E-state index in [1.165, 1.54) is 0 Å². The van der Waals surface area contributed by atoms with Crippen molar-refractivity contribution in [2.24, 2.45) is 5.92 Å². The molecule has 4 rings (SSSR count). The molecule has 2 aliphatic heterocycles. The van der Waals surface area contributed by atoms with Gasteiger partial charge in [0.1, 0.15) is 11.9 Å². The van der Waals surface area contributed by atoms with Gasteiger partial charge in [0, 0.05) is 50.3 Å². The van der Waals surface area contributed by atoms with Gasteiger partial charge >= 0.3 is 0 Å². The van der Waals surface area contributed by atoms with Crippen LogP contribution in [0.2, 0.25) is 5.02 Å². The third kappa shape index (κ3) is 5.51. The largest absolute Gasteiger partial charge is 0.381 e. The Morgan fingerprint density at radius 1 is 1.23 bits per heavy atom. The molecule has 2 fully saturated rings. The predicted octanol–water partition coefficient (Wildman–Crippen LogP) is 2.13. The van der Waals surface area contributed by atoms with Gasteiger partial charge in [-0.05, 0) is 24.8 Å². The number of hydrogen-bond acceptors (Lipinski definition) is 8. The van der Waals surface area contributed by atoms with Crippen LogP contribution in [0.5, 0.6) is 0 Å². The maximum atomic E-state index is 12.5. The second-order valence-corrected chi connectivity index (χ2v) is 8.00. The van der Waals surface area contributed by atoms with E-state index in [2.05, 4.69) is 25.6 Å². The van der Waals surface area contributed by atoms with E-state index >= 15 is 0 Å². The number of anilines is 1. The summed E-state index contributed by atoms with van der Waals surface area (Å²) in [5.41, 5.74) is 1.99. The zero-order chi connectivity index (χ0) is 20.8. The van der Waals surface area contributed by atoms with Gasteiger partial charge in [0.05, 0.1) is 36.1 Å². The minimum absolute atomic E-state index is 0.000866. The summed E-state index contributed by atoms with van der Waals surface area (Å²) in [5, 5.41) is 7.01. The highest BCUT2D eigenvalue weighted by atomic mass is 35.5. The second kappa shape index (κ2) is 10.3. The average Bonchev–Trinajstić information content (AvgIpc) is 2.80. The number of morpholine rings is 1. The number of halogens is 1. The summed E-state index contributed by atoms with van der Waals surface area (Å²) in [5.74, 6) is 1.27. The van der Waals surface area contributed by atoms with Crippen LogP contribution in [0.25, 0.3) is 11.3 Å². The molecule has 4 heterocycles. The Morgan fingerprint density at radius 3 is 2.90 bits per heavy atom. The van der Waals surface area contributed by atoms with Crippen LogP contribution in [0.15, 0.2) is 24.7 Å². The van der Waals surface area contributed by atoms with Crippen molar-refractivity contribution in [3.05, 3.63) is 35.4 Å². The Labute approximate surface area is 180 Å². The van der Waals surface area contributed by atoms with Crippen molar-refractivity contribution in [1.82, 2.24) is 20.3 Å². The highest BCUT2D eigenvalue weighted by Gasteiger charge is 2.22. The first kappa shape index (κ1) is 21.1. The Bertz CT molecular complexity index is 869. The van der Waals surface area contributed by atoms with Crippen LogP contribution in [0.1, 0.15) is 18.5 Å². The van der Waals surface area contributed by atoms with Gasteiger partial charge in [-0.15, -0.1) is 0 Å². The average molecular weight is 432 g/mol.